The van der Waals surface area contributed by atoms with Gasteiger partial charge in [-0.05, 0) is 60.7 Å². The molecule has 0 aliphatic carbocycles. The molecule has 0 aromatic heterocycles. The van der Waals surface area contributed by atoms with Crippen molar-refractivity contribution in [3.63, 3.8) is 0 Å². The number of benzene rings is 4. The number of para-hydroxylation sites is 2. The molecule has 4 nitrogen and oxygen atoms in total. The highest BCUT2D eigenvalue weighted by atomic mass is 32.2. The molecule has 0 radical (unpaired) electrons. The van der Waals surface area contributed by atoms with Gasteiger partial charge in [-0.2, -0.15) is 0 Å². The highest BCUT2D eigenvalue weighted by Gasteiger charge is 2.18. The van der Waals surface area contributed by atoms with Crippen LogP contribution < -0.4 is 10.2 Å². The minimum atomic E-state index is -0.568. The normalized spacial score (nSPS) is 10.5. The van der Waals surface area contributed by atoms with Crippen LogP contribution in [0.4, 0.5) is 21.5 Å². The lowest BCUT2D eigenvalue weighted by Crippen LogP contribution is -2.27. The predicted molar refractivity (Wildman–Crippen MR) is 132 cm³/mol. The first-order valence-corrected chi connectivity index (χ1v) is 11.3. The van der Waals surface area contributed by atoms with Gasteiger partial charge in [0.1, 0.15) is 5.82 Å². The fraction of sp³-hybridized carbons (Fsp3) is 0.0370. The number of anilines is 3. The molecule has 0 saturated carbocycles. The van der Waals surface area contributed by atoms with Crippen LogP contribution in [0.2, 0.25) is 0 Å². The minimum Gasteiger partial charge on any atom is -0.322 e. The average molecular weight is 457 g/mol. The van der Waals surface area contributed by atoms with Crippen molar-refractivity contribution >= 4 is 40.6 Å². The number of halogens is 1. The molecule has 0 heterocycles. The third kappa shape index (κ3) is 5.67. The van der Waals surface area contributed by atoms with Gasteiger partial charge in [-0.25, -0.2) is 4.39 Å². The van der Waals surface area contributed by atoms with Crippen LogP contribution in [-0.4, -0.2) is 17.6 Å². The van der Waals surface area contributed by atoms with Crippen LogP contribution in [0.25, 0.3) is 0 Å². The first kappa shape index (κ1) is 22.3. The number of nitrogens with one attached hydrogen (secondary N) is 1. The van der Waals surface area contributed by atoms with Crippen LogP contribution in [0.1, 0.15) is 10.4 Å². The maximum atomic E-state index is 13.8. The summed E-state index contributed by atoms with van der Waals surface area (Å²) in [5.74, 6) is -0.883. The van der Waals surface area contributed by atoms with Gasteiger partial charge in [0.2, 0.25) is 5.91 Å². The molecule has 33 heavy (non-hydrogen) atoms. The predicted octanol–water partition coefficient (Wildman–Crippen LogP) is 6.54. The summed E-state index contributed by atoms with van der Waals surface area (Å²) in [6.07, 6.45) is 0. The maximum absolute atomic E-state index is 13.8. The average Bonchev–Trinajstić information content (AvgIpc) is 2.85. The summed E-state index contributed by atoms with van der Waals surface area (Å²) in [5.41, 5.74) is 2.15. The Labute approximate surface area is 196 Å². The van der Waals surface area contributed by atoms with E-state index in [4.69, 9.17) is 0 Å². The van der Waals surface area contributed by atoms with Gasteiger partial charge in [-0.15, -0.1) is 11.8 Å². The van der Waals surface area contributed by atoms with E-state index >= 15 is 0 Å². The summed E-state index contributed by atoms with van der Waals surface area (Å²) in [6.45, 7) is 0. The lowest BCUT2D eigenvalue weighted by molar-refractivity contribution is -0.115. The summed E-state index contributed by atoms with van der Waals surface area (Å²) in [4.78, 5) is 28.0. The molecule has 0 fully saturated rings. The van der Waals surface area contributed by atoms with Crippen LogP contribution in [0, 0.1) is 5.82 Å². The molecular formula is C27H21FN2O2S. The molecule has 4 rings (SSSR count). The zero-order chi connectivity index (χ0) is 23.0. The van der Waals surface area contributed by atoms with Crippen LogP contribution in [0.5, 0.6) is 0 Å². The van der Waals surface area contributed by atoms with Crippen LogP contribution in [-0.2, 0) is 4.79 Å². The zero-order valence-corrected chi connectivity index (χ0v) is 18.5. The van der Waals surface area contributed by atoms with Crippen molar-refractivity contribution in [3.05, 3.63) is 121 Å². The second kappa shape index (κ2) is 10.6. The highest BCUT2D eigenvalue weighted by Crippen LogP contribution is 2.28. The molecule has 4 aromatic rings. The van der Waals surface area contributed by atoms with Gasteiger partial charge in [0.15, 0.2) is 0 Å². The molecule has 164 valence electrons. The lowest BCUT2D eigenvalue weighted by atomic mass is 10.2. The van der Waals surface area contributed by atoms with Crippen molar-refractivity contribution in [1.82, 2.24) is 0 Å². The molecule has 1 N–H and O–H groups in total. The van der Waals surface area contributed by atoms with Gasteiger partial charge in [-0.3, -0.25) is 14.5 Å². The highest BCUT2D eigenvalue weighted by molar-refractivity contribution is 8.00. The quantitative estimate of drug-likeness (QED) is 0.322. The summed E-state index contributed by atoms with van der Waals surface area (Å²) in [7, 11) is 0. The SMILES string of the molecule is O=C(Nc1ccc(SCC(=O)N(c2ccccc2)c2ccccc2)cc1)c1ccccc1F. The first-order chi connectivity index (χ1) is 16.1. The van der Waals surface area contributed by atoms with Gasteiger partial charge >= 0.3 is 0 Å². The van der Waals surface area contributed by atoms with E-state index in [0.717, 1.165) is 16.3 Å². The molecular weight excluding hydrogens is 435 g/mol. The van der Waals surface area contributed by atoms with Crippen molar-refractivity contribution in [2.45, 2.75) is 4.90 Å². The topological polar surface area (TPSA) is 49.4 Å². The van der Waals surface area contributed by atoms with E-state index in [-0.39, 0.29) is 17.2 Å². The van der Waals surface area contributed by atoms with Crippen LogP contribution >= 0.6 is 11.8 Å². The number of rotatable bonds is 7. The number of hydrogen-bond acceptors (Lipinski definition) is 3. The van der Waals surface area contributed by atoms with E-state index < -0.39 is 11.7 Å². The van der Waals surface area contributed by atoms with Gasteiger partial charge in [0, 0.05) is 22.0 Å². The third-order valence-electron chi connectivity index (χ3n) is 4.87. The first-order valence-electron chi connectivity index (χ1n) is 10.3. The van der Waals surface area contributed by atoms with Gasteiger partial charge in [0.05, 0.1) is 11.3 Å². The van der Waals surface area contributed by atoms with E-state index in [9.17, 15) is 14.0 Å². The van der Waals surface area contributed by atoms with Crippen molar-refractivity contribution < 1.29 is 14.0 Å². The van der Waals surface area contributed by atoms with Gasteiger partial charge < -0.3 is 5.32 Å². The van der Waals surface area contributed by atoms with E-state index in [0.29, 0.717) is 5.69 Å². The number of hydrogen-bond donors (Lipinski definition) is 1. The Kier molecular flexibility index (Phi) is 7.17. The third-order valence-corrected chi connectivity index (χ3v) is 5.87. The second-order valence-electron chi connectivity index (χ2n) is 7.15. The van der Waals surface area contributed by atoms with Crippen LogP contribution in [0.15, 0.2) is 114 Å². The fourth-order valence-corrected chi connectivity index (χ4v) is 4.03. The Bertz CT molecular complexity index is 1190. The number of carbonyl (C=O) groups excluding carboxylic acids is 2. The summed E-state index contributed by atoms with van der Waals surface area (Å²) >= 11 is 1.41. The Morgan fingerprint density at radius 3 is 1.85 bits per heavy atom. The zero-order valence-electron chi connectivity index (χ0n) is 17.6. The Hall–Kier alpha value is -3.90. The van der Waals surface area contributed by atoms with Crippen molar-refractivity contribution in [3.8, 4) is 0 Å². The molecule has 0 unspecified atom stereocenters. The molecule has 6 heteroatoms. The van der Waals surface area contributed by atoms with Crippen molar-refractivity contribution in [2.75, 3.05) is 16.0 Å². The Morgan fingerprint density at radius 2 is 1.27 bits per heavy atom. The standard InChI is InChI=1S/C27H21FN2O2S/c28-25-14-8-7-13-24(25)27(32)29-20-15-17-23(18-16-20)33-19-26(31)30(21-9-3-1-4-10-21)22-11-5-2-6-12-22/h1-18H,19H2,(H,29,32). The summed E-state index contributed by atoms with van der Waals surface area (Å²) in [5, 5.41) is 2.69. The van der Waals surface area contributed by atoms with E-state index in [1.165, 1.54) is 30.0 Å². The van der Waals surface area contributed by atoms with E-state index in [1.54, 1.807) is 23.1 Å². The molecule has 4 aromatic carbocycles. The molecule has 0 aliphatic rings. The minimum absolute atomic E-state index is 0.0107. The monoisotopic (exact) mass is 456 g/mol. The van der Waals surface area contributed by atoms with E-state index in [1.807, 2.05) is 72.8 Å². The van der Waals surface area contributed by atoms with Crippen molar-refractivity contribution in [1.29, 1.82) is 0 Å². The van der Waals surface area contributed by atoms with Crippen molar-refractivity contribution in [2.24, 2.45) is 0 Å². The fourth-order valence-electron chi connectivity index (χ4n) is 3.28. The second-order valence-corrected chi connectivity index (χ2v) is 8.20. The number of nitrogens with zero attached hydrogens (tertiary/aromatic N) is 1. The molecule has 0 aliphatic heterocycles. The Morgan fingerprint density at radius 1 is 0.727 bits per heavy atom. The summed E-state index contributed by atoms with van der Waals surface area (Å²) < 4.78 is 13.8. The number of carbonyl (C=O) groups is 2. The Balaban J connectivity index is 1.41. The lowest BCUT2D eigenvalue weighted by Gasteiger charge is -2.23. The molecule has 0 spiro atoms. The molecule has 2 amide bonds. The van der Waals surface area contributed by atoms with E-state index in [2.05, 4.69) is 5.32 Å². The van der Waals surface area contributed by atoms with Gasteiger partial charge in [-0.1, -0.05) is 48.5 Å². The van der Waals surface area contributed by atoms with Gasteiger partial charge in [0.25, 0.3) is 5.91 Å². The molecule has 0 atom stereocenters. The number of amides is 2. The molecule has 0 bridgehead atoms. The summed E-state index contributed by atoms with van der Waals surface area (Å²) in [6, 6.07) is 32.0. The largest absolute Gasteiger partial charge is 0.322 e. The van der Waals surface area contributed by atoms with Crippen LogP contribution in [0.3, 0.4) is 0 Å². The molecule has 0 saturated heterocycles. The number of thioether (sulfide) groups is 1. The maximum Gasteiger partial charge on any atom is 0.258 e. The smallest absolute Gasteiger partial charge is 0.258 e.